The van der Waals surface area contributed by atoms with Crippen LogP contribution in [-0.2, 0) is 0 Å². The topological polar surface area (TPSA) is 41.6 Å². The van der Waals surface area contributed by atoms with Crippen LogP contribution in [0.5, 0.6) is 5.75 Å². The first kappa shape index (κ1) is 16.7. The van der Waals surface area contributed by atoms with Gasteiger partial charge in [0.2, 0.25) is 0 Å². The van der Waals surface area contributed by atoms with Gasteiger partial charge in [-0.25, -0.2) is 4.79 Å². The molecule has 1 atom stereocenters. The summed E-state index contributed by atoms with van der Waals surface area (Å²) in [6, 6.07) is 11.1. The number of benzene rings is 2. The fourth-order valence-electron chi connectivity index (χ4n) is 2.79. The summed E-state index contributed by atoms with van der Waals surface area (Å²) in [4.78, 5) is 14.6. The third kappa shape index (κ3) is 3.20. The van der Waals surface area contributed by atoms with E-state index in [-0.39, 0.29) is 12.1 Å². The number of carbonyl (C=O) groups is 1. The Bertz CT molecular complexity index is 776. The van der Waals surface area contributed by atoms with Gasteiger partial charge in [-0.15, -0.1) is 0 Å². The Kier molecular flexibility index (Phi) is 4.67. The lowest BCUT2D eigenvalue weighted by Gasteiger charge is -2.34. The molecule has 3 rings (SSSR count). The molecule has 24 heavy (non-hydrogen) atoms. The molecule has 0 radical (unpaired) electrons. The van der Waals surface area contributed by atoms with Crippen molar-refractivity contribution in [3.8, 4) is 5.75 Å². The van der Waals surface area contributed by atoms with E-state index < -0.39 is 0 Å². The van der Waals surface area contributed by atoms with E-state index in [1.54, 1.807) is 17.0 Å². The molecule has 0 saturated heterocycles. The molecule has 0 spiro atoms. The minimum Gasteiger partial charge on any atom is -0.486 e. The number of anilines is 2. The highest BCUT2D eigenvalue weighted by Crippen LogP contribution is 2.36. The summed E-state index contributed by atoms with van der Waals surface area (Å²) >= 11 is 6.11. The summed E-state index contributed by atoms with van der Waals surface area (Å²) in [5, 5.41) is 3.59. The maximum Gasteiger partial charge on any atom is 0.326 e. The molecule has 1 aliphatic rings. The fourth-order valence-corrected chi connectivity index (χ4v) is 2.96. The average molecular weight is 345 g/mol. The van der Waals surface area contributed by atoms with E-state index in [4.69, 9.17) is 16.3 Å². The van der Waals surface area contributed by atoms with Crippen LogP contribution < -0.4 is 15.0 Å². The van der Waals surface area contributed by atoms with Gasteiger partial charge < -0.3 is 10.1 Å². The second-order valence-corrected chi connectivity index (χ2v) is 6.48. The standard InChI is InChI=1S/C19H21ClN2O2/c1-4-15-11-22(17-10-14(20)8-9-18(17)24-15)19(23)21-16-7-5-6-12(2)13(16)3/h5-10,15H,4,11H2,1-3H3,(H,21,23)/t15-/m1/s1. The molecule has 5 heteroatoms. The molecule has 2 amide bonds. The molecule has 0 bridgehead atoms. The fraction of sp³-hybridized carbons (Fsp3) is 0.316. The molecule has 0 unspecified atom stereocenters. The molecule has 1 heterocycles. The van der Waals surface area contributed by atoms with E-state index in [2.05, 4.69) is 5.32 Å². The first-order valence-corrected chi connectivity index (χ1v) is 8.48. The quantitative estimate of drug-likeness (QED) is 0.816. The third-order valence-corrected chi connectivity index (χ3v) is 4.67. The van der Waals surface area contributed by atoms with Crippen molar-refractivity contribution in [3.05, 3.63) is 52.5 Å². The first-order chi connectivity index (χ1) is 11.5. The SMILES string of the molecule is CC[C@@H]1CN(C(=O)Nc2cccc(C)c2C)c2cc(Cl)ccc2O1. The van der Waals surface area contributed by atoms with Crippen LogP contribution in [0.3, 0.4) is 0 Å². The van der Waals surface area contributed by atoms with Crippen molar-refractivity contribution >= 4 is 29.0 Å². The number of urea groups is 1. The lowest BCUT2D eigenvalue weighted by atomic mass is 10.1. The van der Waals surface area contributed by atoms with Gasteiger partial charge in [0.25, 0.3) is 0 Å². The monoisotopic (exact) mass is 344 g/mol. The van der Waals surface area contributed by atoms with Gasteiger partial charge in [0, 0.05) is 10.7 Å². The van der Waals surface area contributed by atoms with Gasteiger partial charge in [0.15, 0.2) is 0 Å². The molecule has 0 aromatic heterocycles. The van der Waals surface area contributed by atoms with Crippen molar-refractivity contribution in [1.82, 2.24) is 0 Å². The predicted octanol–water partition coefficient (Wildman–Crippen LogP) is 5.17. The molecule has 1 aliphatic heterocycles. The zero-order valence-electron chi connectivity index (χ0n) is 14.1. The normalized spacial score (nSPS) is 16.3. The van der Waals surface area contributed by atoms with Gasteiger partial charge in [-0.3, -0.25) is 4.90 Å². The summed E-state index contributed by atoms with van der Waals surface area (Å²) in [5.41, 5.74) is 3.74. The Morgan fingerprint density at radius 3 is 2.88 bits per heavy atom. The highest BCUT2D eigenvalue weighted by Gasteiger charge is 2.29. The number of hydrogen-bond acceptors (Lipinski definition) is 2. The number of nitrogens with zero attached hydrogens (tertiary/aromatic N) is 1. The number of carbonyl (C=O) groups excluding carboxylic acids is 1. The lowest BCUT2D eigenvalue weighted by molar-refractivity contribution is 0.188. The van der Waals surface area contributed by atoms with Gasteiger partial charge in [-0.05, 0) is 55.7 Å². The Morgan fingerprint density at radius 1 is 1.33 bits per heavy atom. The Morgan fingerprint density at radius 2 is 2.12 bits per heavy atom. The Hall–Kier alpha value is -2.20. The van der Waals surface area contributed by atoms with Crippen molar-refractivity contribution in [3.63, 3.8) is 0 Å². The van der Waals surface area contributed by atoms with Crippen molar-refractivity contribution in [2.75, 3.05) is 16.8 Å². The largest absolute Gasteiger partial charge is 0.486 e. The summed E-state index contributed by atoms with van der Waals surface area (Å²) in [6.07, 6.45) is 0.804. The van der Waals surface area contributed by atoms with Gasteiger partial charge in [-0.1, -0.05) is 30.7 Å². The Balaban J connectivity index is 1.91. The average Bonchev–Trinajstić information content (AvgIpc) is 2.58. The van der Waals surface area contributed by atoms with Gasteiger partial charge in [0.1, 0.15) is 11.9 Å². The molecule has 4 nitrogen and oxygen atoms in total. The van der Waals surface area contributed by atoms with Crippen LogP contribution in [-0.4, -0.2) is 18.7 Å². The van der Waals surface area contributed by atoms with Gasteiger partial charge in [0.05, 0.1) is 12.2 Å². The maximum absolute atomic E-state index is 12.9. The molecule has 126 valence electrons. The van der Waals surface area contributed by atoms with Gasteiger partial charge in [-0.2, -0.15) is 0 Å². The van der Waals surface area contributed by atoms with Crippen LogP contribution in [0.4, 0.5) is 16.2 Å². The van der Waals surface area contributed by atoms with E-state index in [0.29, 0.717) is 23.0 Å². The van der Waals surface area contributed by atoms with Crippen molar-refractivity contribution in [2.24, 2.45) is 0 Å². The van der Waals surface area contributed by atoms with Crippen LogP contribution >= 0.6 is 11.6 Å². The molecule has 1 N–H and O–H groups in total. The zero-order chi connectivity index (χ0) is 17.3. The minimum atomic E-state index is -0.172. The molecule has 2 aromatic carbocycles. The zero-order valence-corrected chi connectivity index (χ0v) is 14.9. The third-order valence-electron chi connectivity index (χ3n) is 4.44. The van der Waals surface area contributed by atoms with Crippen LogP contribution in [0.1, 0.15) is 24.5 Å². The molecule has 2 aromatic rings. The number of nitrogens with one attached hydrogen (secondary N) is 1. The summed E-state index contributed by atoms with van der Waals surface area (Å²) in [6.45, 7) is 6.58. The number of hydrogen-bond donors (Lipinski definition) is 1. The first-order valence-electron chi connectivity index (χ1n) is 8.10. The number of amides is 2. The number of halogens is 1. The van der Waals surface area contributed by atoms with Crippen LogP contribution in [0.15, 0.2) is 36.4 Å². The smallest absolute Gasteiger partial charge is 0.326 e. The van der Waals surface area contributed by atoms with E-state index in [1.807, 2.05) is 45.0 Å². The summed E-state index contributed by atoms with van der Waals surface area (Å²) in [7, 11) is 0. The van der Waals surface area contributed by atoms with E-state index in [0.717, 1.165) is 23.2 Å². The highest BCUT2D eigenvalue weighted by atomic mass is 35.5. The van der Waals surface area contributed by atoms with Crippen LogP contribution in [0.2, 0.25) is 5.02 Å². The number of ether oxygens (including phenoxy) is 1. The second kappa shape index (κ2) is 6.73. The Labute approximate surface area is 147 Å². The number of aryl methyl sites for hydroxylation is 1. The van der Waals surface area contributed by atoms with E-state index in [1.165, 1.54) is 0 Å². The molecule has 0 saturated carbocycles. The molecule has 0 fully saturated rings. The number of rotatable bonds is 2. The van der Waals surface area contributed by atoms with E-state index >= 15 is 0 Å². The van der Waals surface area contributed by atoms with Crippen LogP contribution in [0.25, 0.3) is 0 Å². The highest BCUT2D eigenvalue weighted by molar-refractivity contribution is 6.31. The predicted molar refractivity (Wildman–Crippen MR) is 98.4 cm³/mol. The van der Waals surface area contributed by atoms with E-state index in [9.17, 15) is 4.79 Å². The molecular formula is C19H21ClN2O2. The number of fused-ring (bicyclic) bond motifs is 1. The lowest BCUT2D eigenvalue weighted by Crippen LogP contribution is -2.45. The summed E-state index contributed by atoms with van der Waals surface area (Å²) < 4.78 is 5.93. The van der Waals surface area contributed by atoms with Crippen LogP contribution in [0, 0.1) is 13.8 Å². The maximum atomic E-state index is 12.9. The minimum absolute atomic E-state index is 0.0250. The van der Waals surface area contributed by atoms with Crippen molar-refractivity contribution in [2.45, 2.75) is 33.3 Å². The molecular weight excluding hydrogens is 324 g/mol. The second-order valence-electron chi connectivity index (χ2n) is 6.05. The summed E-state index contributed by atoms with van der Waals surface area (Å²) in [5.74, 6) is 0.689. The van der Waals surface area contributed by atoms with Gasteiger partial charge >= 0.3 is 6.03 Å². The van der Waals surface area contributed by atoms with Crippen molar-refractivity contribution in [1.29, 1.82) is 0 Å². The van der Waals surface area contributed by atoms with Crippen molar-refractivity contribution < 1.29 is 9.53 Å². The molecule has 0 aliphatic carbocycles.